The van der Waals surface area contributed by atoms with Gasteiger partial charge in [-0.1, -0.05) is 18.2 Å². The van der Waals surface area contributed by atoms with E-state index in [0.717, 1.165) is 5.56 Å². The minimum absolute atomic E-state index is 0.298. The second kappa shape index (κ2) is 9.31. The predicted octanol–water partition coefficient (Wildman–Crippen LogP) is 3.20. The molecule has 0 unspecified atom stereocenters. The largest absolute Gasteiger partial charge is 0.494 e. The van der Waals surface area contributed by atoms with Gasteiger partial charge in [0, 0.05) is 6.54 Å². The maximum Gasteiger partial charge on any atom is 0.338 e. The molecule has 26 heavy (non-hydrogen) atoms. The third-order valence-corrected chi connectivity index (χ3v) is 3.58. The van der Waals surface area contributed by atoms with E-state index in [1.54, 1.807) is 49.4 Å². The molecular formula is C19H22N2O5. The van der Waals surface area contributed by atoms with Crippen LogP contribution in [0.15, 0.2) is 42.5 Å². The van der Waals surface area contributed by atoms with E-state index in [0.29, 0.717) is 35.9 Å². The molecule has 2 rings (SSSR count). The molecule has 2 aromatic rings. The van der Waals surface area contributed by atoms with Gasteiger partial charge in [-0.05, 0) is 36.8 Å². The quantitative estimate of drug-likeness (QED) is 0.743. The van der Waals surface area contributed by atoms with E-state index in [9.17, 15) is 9.59 Å². The van der Waals surface area contributed by atoms with Gasteiger partial charge in [0.1, 0.15) is 17.2 Å². The van der Waals surface area contributed by atoms with Gasteiger partial charge in [-0.2, -0.15) is 0 Å². The molecular weight excluding hydrogens is 336 g/mol. The van der Waals surface area contributed by atoms with Crippen LogP contribution >= 0.6 is 0 Å². The Hall–Kier alpha value is -3.22. The van der Waals surface area contributed by atoms with Crippen molar-refractivity contribution in [2.45, 2.75) is 13.5 Å². The summed E-state index contributed by atoms with van der Waals surface area (Å²) in [4.78, 5) is 23.8. The van der Waals surface area contributed by atoms with Gasteiger partial charge in [0.05, 0.1) is 26.4 Å². The summed E-state index contributed by atoms with van der Waals surface area (Å²) in [5.74, 6) is 0.629. The van der Waals surface area contributed by atoms with Crippen LogP contribution in [0.1, 0.15) is 22.8 Å². The number of carbonyl (C=O) groups is 2. The zero-order valence-corrected chi connectivity index (χ0v) is 15.0. The summed E-state index contributed by atoms with van der Waals surface area (Å²) in [6, 6.07) is 11.7. The average molecular weight is 358 g/mol. The van der Waals surface area contributed by atoms with Gasteiger partial charge in [0.15, 0.2) is 0 Å². The summed E-state index contributed by atoms with van der Waals surface area (Å²) in [6.45, 7) is 2.38. The highest BCUT2D eigenvalue weighted by molar-refractivity contribution is 5.93. The van der Waals surface area contributed by atoms with Crippen molar-refractivity contribution in [3.05, 3.63) is 53.6 Å². The Balaban J connectivity index is 1.96. The van der Waals surface area contributed by atoms with Crippen LogP contribution in [0.25, 0.3) is 0 Å². The second-order valence-corrected chi connectivity index (χ2v) is 5.26. The van der Waals surface area contributed by atoms with E-state index in [1.165, 1.54) is 14.2 Å². The fourth-order valence-electron chi connectivity index (χ4n) is 2.29. The molecule has 0 aliphatic heterocycles. The fourth-order valence-corrected chi connectivity index (χ4v) is 2.29. The molecule has 2 amide bonds. The van der Waals surface area contributed by atoms with Crippen molar-refractivity contribution in [3.8, 4) is 11.5 Å². The number of carbonyl (C=O) groups excluding carboxylic acids is 2. The van der Waals surface area contributed by atoms with Crippen LogP contribution in [-0.2, 0) is 11.3 Å². The number of benzene rings is 2. The maximum absolute atomic E-state index is 12.2. The first-order chi connectivity index (χ1) is 12.6. The normalized spacial score (nSPS) is 9.96. The molecule has 0 saturated carbocycles. The lowest BCUT2D eigenvalue weighted by Crippen LogP contribution is -2.28. The second-order valence-electron chi connectivity index (χ2n) is 5.26. The van der Waals surface area contributed by atoms with E-state index in [-0.39, 0.29) is 5.97 Å². The van der Waals surface area contributed by atoms with Crippen LogP contribution in [0.4, 0.5) is 10.5 Å². The number of rotatable bonds is 7. The van der Waals surface area contributed by atoms with Crippen molar-refractivity contribution >= 4 is 17.7 Å². The molecule has 138 valence electrons. The van der Waals surface area contributed by atoms with Gasteiger partial charge >= 0.3 is 12.0 Å². The molecule has 0 atom stereocenters. The Morgan fingerprint density at radius 2 is 1.58 bits per heavy atom. The molecule has 0 radical (unpaired) electrons. The van der Waals surface area contributed by atoms with E-state index >= 15 is 0 Å². The number of urea groups is 1. The number of nitrogens with one attached hydrogen (secondary N) is 2. The third-order valence-electron chi connectivity index (χ3n) is 3.58. The van der Waals surface area contributed by atoms with Crippen LogP contribution in [0.3, 0.4) is 0 Å². The number of amides is 2. The fraction of sp³-hybridized carbons (Fsp3) is 0.263. The molecule has 0 aliphatic rings. The highest BCUT2D eigenvalue weighted by Crippen LogP contribution is 2.33. The van der Waals surface area contributed by atoms with Crippen molar-refractivity contribution < 1.29 is 23.8 Å². The first-order valence-corrected chi connectivity index (χ1v) is 8.11. The summed E-state index contributed by atoms with van der Waals surface area (Å²) in [7, 11) is 3.03. The molecule has 7 nitrogen and oxygen atoms in total. The molecule has 0 saturated heterocycles. The summed E-state index contributed by atoms with van der Waals surface area (Å²) in [5, 5.41) is 5.47. The predicted molar refractivity (Wildman–Crippen MR) is 97.8 cm³/mol. The summed E-state index contributed by atoms with van der Waals surface area (Å²) in [5.41, 5.74) is 1.77. The minimum Gasteiger partial charge on any atom is -0.494 e. The number of ether oxygens (including phenoxy) is 3. The van der Waals surface area contributed by atoms with E-state index in [2.05, 4.69) is 10.6 Å². The summed E-state index contributed by atoms with van der Waals surface area (Å²) < 4.78 is 15.4. The first kappa shape index (κ1) is 19.1. The molecule has 2 N–H and O–H groups in total. The Kier molecular flexibility index (Phi) is 6.84. The zero-order valence-electron chi connectivity index (χ0n) is 15.0. The molecule has 0 bridgehead atoms. The lowest BCUT2D eigenvalue weighted by molar-refractivity contribution is 0.0526. The topological polar surface area (TPSA) is 85.9 Å². The van der Waals surface area contributed by atoms with Gasteiger partial charge in [0.25, 0.3) is 0 Å². The van der Waals surface area contributed by atoms with Crippen molar-refractivity contribution in [1.29, 1.82) is 0 Å². The number of methoxy groups -OCH3 is 2. The van der Waals surface area contributed by atoms with Crippen molar-refractivity contribution in [2.75, 3.05) is 26.1 Å². The highest BCUT2D eigenvalue weighted by Gasteiger charge is 2.13. The maximum atomic E-state index is 12.2. The number of para-hydroxylation sites is 1. The first-order valence-electron chi connectivity index (χ1n) is 8.11. The minimum atomic E-state index is -0.401. The SMILES string of the molecule is CCOC(=O)c1ccc(CNC(=O)Nc2c(OC)cccc2OC)cc1. The molecule has 0 aliphatic carbocycles. The number of esters is 1. The third kappa shape index (κ3) is 4.89. The van der Waals surface area contributed by atoms with Crippen LogP contribution < -0.4 is 20.1 Å². The molecule has 2 aromatic carbocycles. The van der Waals surface area contributed by atoms with Gasteiger partial charge < -0.3 is 24.8 Å². The van der Waals surface area contributed by atoms with Gasteiger partial charge in [-0.15, -0.1) is 0 Å². The van der Waals surface area contributed by atoms with Gasteiger partial charge in [-0.25, -0.2) is 9.59 Å². The van der Waals surface area contributed by atoms with Gasteiger partial charge in [0.2, 0.25) is 0 Å². The lowest BCUT2D eigenvalue weighted by Gasteiger charge is -2.14. The molecule has 0 spiro atoms. The van der Waals surface area contributed by atoms with Crippen molar-refractivity contribution in [1.82, 2.24) is 5.32 Å². The molecule has 0 fully saturated rings. The smallest absolute Gasteiger partial charge is 0.338 e. The van der Waals surface area contributed by atoms with E-state index in [4.69, 9.17) is 14.2 Å². The Morgan fingerprint density at radius 3 is 2.12 bits per heavy atom. The summed E-state index contributed by atoms with van der Waals surface area (Å²) >= 11 is 0. The van der Waals surface area contributed by atoms with Crippen molar-refractivity contribution in [3.63, 3.8) is 0 Å². The van der Waals surface area contributed by atoms with Crippen LogP contribution in [0.5, 0.6) is 11.5 Å². The Bertz CT molecular complexity index is 737. The zero-order chi connectivity index (χ0) is 18.9. The standard InChI is InChI=1S/C19H22N2O5/c1-4-26-18(22)14-10-8-13(9-11-14)12-20-19(23)21-17-15(24-2)6-5-7-16(17)25-3/h5-11H,4,12H2,1-3H3,(H2,20,21,23). The molecule has 0 heterocycles. The van der Waals surface area contributed by atoms with Crippen LogP contribution in [0.2, 0.25) is 0 Å². The Morgan fingerprint density at radius 1 is 0.962 bits per heavy atom. The summed E-state index contributed by atoms with van der Waals surface area (Å²) in [6.07, 6.45) is 0. The number of anilines is 1. The monoisotopic (exact) mass is 358 g/mol. The Labute approximate surface area is 152 Å². The van der Waals surface area contributed by atoms with Gasteiger partial charge in [-0.3, -0.25) is 0 Å². The molecule has 7 heteroatoms. The average Bonchev–Trinajstić information content (AvgIpc) is 2.67. The van der Waals surface area contributed by atoms with E-state index in [1.807, 2.05) is 0 Å². The van der Waals surface area contributed by atoms with Crippen molar-refractivity contribution in [2.24, 2.45) is 0 Å². The lowest BCUT2D eigenvalue weighted by atomic mass is 10.1. The van der Waals surface area contributed by atoms with Crippen LogP contribution in [-0.4, -0.2) is 32.8 Å². The number of hydrogen-bond acceptors (Lipinski definition) is 5. The van der Waals surface area contributed by atoms with Crippen LogP contribution in [0, 0.1) is 0 Å². The highest BCUT2D eigenvalue weighted by atomic mass is 16.5. The van der Waals surface area contributed by atoms with E-state index < -0.39 is 6.03 Å². The molecule has 0 aromatic heterocycles. The number of hydrogen-bond donors (Lipinski definition) is 2.